The fourth-order valence-corrected chi connectivity index (χ4v) is 11.0. The Morgan fingerprint density at radius 2 is 1.78 bits per heavy atom. The van der Waals surface area contributed by atoms with E-state index in [9.17, 15) is 24.3 Å². The molecule has 13 heteroatoms. The highest BCUT2D eigenvalue weighted by Crippen LogP contribution is 2.64. The van der Waals surface area contributed by atoms with Crippen LogP contribution in [0.25, 0.3) is 20.7 Å². The number of hydrogen-bond donors (Lipinski definition) is 2. The summed E-state index contributed by atoms with van der Waals surface area (Å²) < 4.78 is 2.61. The number of aliphatic carboxylic acids is 1. The van der Waals surface area contributed by atoms with Crippen LogP contribution in [0.4, 0.5) is 5.82 Å². The van der Waals surface area contributed by atoms with Crippen molar-refractivity contribution in [1.29, 1.82) is 0 Å². The maximum atomic E-state index is 15.0. The summed E-state index contributed by atoms with van der Waals surface area (Å²) in [5, 5.41) is 25.9. The number of imide groups is 2. The zero-order valence-corrected chi connectivity index (χ0v) is 32.0. The summed E-state index contributed by atoms with van der Waals surface area (Å²) in [5.41, 5.74) is 2.64. The number of carboxylic acids is 1. The number of unbranched alkanes of at least 4 members (excludes halogenated alkanes) is 2. The number of phenols is 1. The van der Waals surface area contributed by atoms with Crippen molar-refractivity contribution in [3.8, 4) is 16.3 Å². The number of aryl methyl sites for hydroxylation is 3. The summed E-state index contributed by atoms with van der Waals surface area (Å²) in [6, 6.07) is 12.7. The molecule has 11 nitrogen and oxygen atoms in total. The molecule has 1 saturated carbocycles. The molecule has 4 heterocycles. The van der Waals surface area contributed by atoms with E-state index in [1.54, 1.807) is 48.2 Å². The molecule has 0 radical (unpaired) electrons. The number of nitrogens with zero attached hydrogens (tertiary/aromatic N) is 4. The molecule has 4 aromatic rings. The number of allylic oxidation sites excluding steroid dienone is 2. The molecule has 2 aromatic carbocycles. The Balaban J connectivity index is 1.17. The fourth-order valence-electron chi connectivity index (χ4n) is 9.70. The highest BCUT2D eigenvalue weighted by atomic mass is 35.5. The van der Waals surface area contributed by atoms with Crippen LogP contribution in [0.1, 0.15) is 68.1 Å². The number of likely N-dealkylation sites (tertiary alicyclic amines) is 1. The number of carboxylic acid groups (broad SMARTS) is 1. The van der Waals surface area contributed by atoms with Crippen LogP contribution < -0.4 is 4.90 Å². The number of aromatic hydroxyl groups is 1. The molecule has 6 atom stereocenters. The molecular weight excluding hydrogens is 728 g/mol. The third kappa shape index (κ3) is 5.43. The van der Waals surface area contributed by atoms with E-state index in [0.29, 0.717) is 47.8 Å². The number of carbonyl (C=O) groups is 5. The molecule has 280 valence electrons. The number of phenolic OH excluding ortho intramolecular Hbond substituents is 1. The third-order valence-electron chi connectivity index (χ3n) is 12.4. The van der Waals surface area contributed by atoms with Crippen LogP contribution in [0, 0.1) is 42.9 Å². The number of benzene rings is 2. The van der Waals surface area contributed by atoms with Gasteiger partial charge in [0, 0.05) is 41.7 Å². The minimum Gasteiger partial charge on any atom is -0.508 e. The van der Waals surface area contributed by atoms with Crippen molar-refractivity contribution < 1.29 is 34.2 Å². The van der Waals surface area contributed by atoms with Gasteiger partial charge in [0.15, 0.2) is 0 Å². The van der Waals surface area contributed by atoms with Crippen LogP contribution in [0.3, 0.4) is 0 Å². The number of aromatic nitrogens is 2. The standard InChI is InChI=1S/C41H41ClN4O7S/c1-20-16-22(9-13-30(20)47)35-24-11-12-25-34(39(52)45(37(25)50)15-7-5-6-8-33(48)49)27(24)18-28-38(51)46(40(53)41(28,35)3)32-19-29(43-44(32)4)36-21(2)26-17-23(42)10-14-31(26)54-36/h9-11,13-14,16-17,19,25,27-28,34-35,47H,5-8,12,15,18H2,1-4H3,(H,48,49). The van der Waals surface area contributed by atoms with Gasteiger partial charge in [-0.3, -0.25) is 33.6 Å². The van der Waals surface area contributed by atoms with E-state index in [0.717, 1.165) is 31.7 Å². The van der Waals surface area contributed by atoms with Crippen LogP contribution in [0.2, 0.25) is 5.02 Å². The maximum Gasteiger partial charge on any atom is 0.303 e. The molecule has 2 aromatic heterocycles. The van der Waals surface area contributed by atoms with Crippen molar-refractivity contribution >= 4 is 68.4 Å². The molecule has 0 bridgehead atoms. The lowest BCUT2D eigenvalue weighted by Crippen LogP contribution is -2.49. The van der Waals surface area contributed by atoms with Crippen molar-refractivity contribution in [2.45, 2.75) is 65.2 Å². The monoisotopic (exact) mass is 768 g/mol. The van der Waals surface area contributed by atoms with Gasteiger partial charge < -0.3 is 10.2 Å². The van der Waals surface area contributed by atoms with Gasteiger partial charge in [-0.15, -0.1) is 11.3 Å². The van der Waals surface area contributed by atoms with E-state index in [1.165, 1.54) is 9.80 Å². The third-order valence-corrected chi connectivity index (χ3v) is 13.9. The molecule has 2 aliphatic carbocycles. The Morgan fingerprint density at radius 1 is 1.00 bits per heavy atom. The van der Waals surface area contributed by atoms with Gasteiger partial charge in [-0.05, 0) is 98.7 Å². The first-order chi connectivity index (χ1) is 25.7. The number of amides is 4. The van der Waals surface area contributed by atoms with Crippen molar-refractivity contribution in [3.05, 3.63) is 75.8 Å². The summed E-state index contributed by atoms with van der Waals surface area (Å²) >= 11 is 7.87. The summed E-state index contributed by atoms with van der Waals surface area (Å²) in [7, 11) is 1.72. The number of carbonyl (C=O) groups excluding carboxylic acids is 4. The lowest BCUT2D eigenvalue weighted by Gasteiger charge is -2.49. The van der Waals surface area contributed by atoms with E-state index in [4.69, 9.17) is 21.8 Å². The second-order valence-electron chi connectivity index (χ2n) is 15.4. The van der Waals surface area contributed by atoms with E-state index in [2.05, 4.69) is 0 Å². The number of halogens is 1. The Hall–Kier alpha value is -4.81. The molecule has 2 saturated heterocycles. The highest BCUT2D eigenvalue weighted by molar-refractivity contribution is 7.22. The van der Waals surface area contributed by atoms with Crippen LogP contribution in [-0.4, -0.2) is 61.0 Å². The SMILES string of the molecule is Cc1cc(C2C3=CCC4C(=O)N(CCCCCC(=O)O)C(=O)C4C3CC3C(=O)N(c4cc(-c5sc6ccc(Cl)cc6c5C)nn4C)C(=O)C32C)ccc1O. The zero-order chi connectivity index (χ0) is 38.4. The Morgan fingerprint density at radius 3 is 2.52 bits per heavy atom. The number of rotatable bonds is 9. The van der Waals surface area contributed by atoms with Gasteiger partial charge in [0.1, 0.15) is 17.3 Å². The molecule has 54 heavy (non-hydrogen) atoms. The van der Waals surface area contributed by atoms with Gasteiger partial charge in [0.2, 0.25) is 23.6 Å². The second-order valence-corrected chi connectivity index (χ2v) is 16.9. The van der Waals surface area contributed by atoms with Crippen LogP contribution in [0.15, 0.2) is 54.1 Å². The average molecular weight is 769 g/mol. The van der Waals surface area contributed by atoms with E-state index < -0.39 is 41.0 Å². The van der Waals surface area contributed by atoms with E-state index in [1.807, 2.05) is 44.2 Å². The average Bonchev–Trinajstić information content (AvgIpc) is 3.79. The molecular formula is C41H41ClN4O7S. The Labute approximate surface area is 321 Å². The van der Waals surface area contributed by atoms with Crippen molar-refractivity contribution in [1.82, 2.24) is 14.7 Å². The Bertz CT molecular complexity index is 2330. The minimum absolute atomic E-state index is 0.0325. The fraction of sp³-hybridized carbons (Fsp3) is 0.415. The molecule has 4 amide bonds. The molecule has 4 aliphatic rings. The van der Waals surface area contributed by atoms with Crippen LogP contribution in [-0.2, 0) is 31.0 Å². The van der Waals surface area contributed by atoms with Gasteiger partial charge in [0.25, 0.3) is 0 Å². The number of anilines is 1. The van der Waals surface area contributed by atoms with Crippen molar-refractivity contribution in [3.63, 3.8) is 0 Å². The van der Waals surface area contributed by atoms with Gasteiger partial charge >= 0.3 is 5.97 Å². The van der Waals surface area contributed by atoms with Gasteiger partial charge in [-0.2, -0.15) is 5.10 Å². The first-order valence-corrected chi connectivity index (χ1v) is 19.6. The first kappa shape index (κ1) is 36.2. The second kappa shape index (κ2) is 13.2. The summed E-state index contributed by atoms with van der Waals surface area (Å²) in [6.07, 6.45) is 4.16. The molecule has 3 fully saturated rings. The number of thiophene rings is 1. The van der Waals surface area contributed by atoms with E-state index >= 15 is 4.79 Å². The minimum atomic E-state index is -1.24. The molecule has 8 rings (SSSR count). The molecule has 6 unspecified atom stereocenters. The van der Waals surface area contributed by atoms with Crippen LogP contribution in [0.5, 0.6) is 5.75 Å². The van der Waals surface area contributed by atoms with Crippen molar-refractivity contribution in [2.24, 2.45) is 36.1 Å². The van der Waals surface area contributed by atoms with Crippen molar-refractivity contribution in [2.75, 3.05) is 11.4 Å². The molecule has 2 N–H and O–H groups in total. The summed E-state index contributed by atoms with van der Waals surface area (Å²) in [4.78, 5) is 72.3. The number of hydrogen-bond acceptors (Lipinski definition) is 8. The topological polar surface area (TPSA) is 150 Å². The zero-order valence-electron chi connectivity index (χ0n) is 30.5. The number of fused-ring (bicyclic) bond motifs is 5. The van der Waals surface area contributed by atoms with Crippen LogP contribution >= 0.6 is 22.9 Å². The van der Waals surface area contributed by atoms with Gasteiger partial charge in [-0.1, -0.05) is 41.8 Å². The molecule has 2 aliphatic heterocycles. The lowest BCUT2D eigenvalue weighted by atomic mass is 9.51. The van der Waals surface area contributed by atoms with E-state index in [-0.39, 0.29) is 48.8 Å². The quantitative estimate of drug-likeness (QED) is 0.104. The normalized spacial score (nSPS) is 26.4. The largest absolute Gasteiger partial charge is 0.508 e. The lowest BCUT2D eigenvalue weighted by molar-refractivity contribution is -0.141. The summed E-state index contributed by atoms with van der Waals surface area (Å²) in [5.74, 6) is -4.76. The predicted octanol–water partition coefficient (Wildman–Crippen LogP) is 7.15. The maximum absolute atomic E-state index is 15.0. The predicted molar refractivity (Wildman–Crippen MR) is 204 cm³/mol. The summed E-state index contributed by atoms with van der Waals surface area (Å²) in [6.45, 7) is 5.85. The Kier molecular flexibility index (Phi) is 8.84. The highest BCUT2D eigenvalue weighted by Gasteiger charge is 2.68. The smallest absolute Gasteiger partial charge is 0.303 e. The molecule has 0 spiro atoms. The first-order valence-electron chi connectivity index (χ1n) is 18.4. The van der Waals surface area contributed by atoms with Gasteiger partial charge in [0.05, 0.1) is 28.0 Å². The van der Waals surface area contributed by atoms with Gasteiger partial charge in [-0.25, -0.2) is 4.90 Å².